The number of piperidine rings is 1. The van der Waals surface area contributed by atoms with Crippen molar-refractivity contribution in [3.05, 3.63) is 40.8 Å². The summed E-state index contributed by atoms with van der Waals surface area (Å²) in [5.74, 6) is 0.837. The minimum Gasteiger partial charge on any atom is -0.351 e. The lowest BCUT2D eigenvalue weighted by Crippen LogP contribution is -2.48. The van der Waals surface area contributed by atoms with Crippen molar-refractivity contribution >= 4 is 23.2 Å². The molecule has 0 saturated carbocycles. The molecule has 21 heavy (non-hydrogen) atoms. The van der Waals surface area contributed by atoms with Gasteiger partial charge in [0.05, 0.1) is 6.42 Å². The third-order valence-corrected chi connectivity index (χ3v) is 4.30. The summed E-state index contributed by atoms with van der Waals surface area (Å²) < 4.78 is 0. The lowest BCUT2D eigenvalue weighted by molar-refractivity contribution is -0.121. The molecule has 3 rings (SSSR count). The Hall–Kier alpha value is -1.95. The first-order valence-corrected chi connectivity index (χ1v) is 8.08. The summed E-state index contributed by atoms with van der Waals surface area (Å²) in [5, 5.41) is 7.14. The van der Waals surface area contributed by atoms with Crippen molar-refractivity contribution in [1.82, 2.24) is 15.3 Å². The Labute approximate surface area is 128 Å². The minimum absolute atomic E-state index is 0.0919. The normalized spacial score (nSPS) is 18.5. The van der Waals surface area contributed by atoms with E-state index in [1.165, 1.54) is 0 Å². The van der Waals surface area contributed by atoms with E-state index in [1.54, 1.807) is 23.7 Å². The van der Waals surface area contributed by atoms with Crippen molar-refractivity contribution in [2.24, 2.45) is 0 Å². The van der Waals surface area contributed by atoms with E-state index in [4.69, 9.17) is 0 Å². The number of rotatable bonds is 4. The maximum atomic E-state index is 12.1. The van der Waals surface area contributed by atoms with Crippen LogP contribution in [0.15, 0.2) is 35.3 Å². The van der Waals surface area contributed by atoms with Crippen molar-refractivity contribution in [3.8, 4) is 0 Å². The molecule has 2 aromatic heterocycles. The van der Waals surface area contributed by atoms with Crippen LogP contribution in [0.1, 0.15) is 18.4 Å². The van der Waals surface area contributed by atoms with Crippen molar-refractivity contribution in [1.29, 1.82) is 0 Å². The fourth-order valence-electron chi connectivity index (χ4n) is 2.59. The van der Waals surface area contributed by atoms with Crippen molar-refractivity contribution in [2.45, 2.75) is 25.3 Å². The zero-order chi connectivity index (χ0) is 14.5. The number of nitrogens with one attached hydrogen (secondary N) is 1. The zero-order valence-electron chi connectivity index (χ0n) is 11.7. The third kappa shape index (κ3) is 3.78. The predicted octanol–water partition coefficient (Wildman–Crippen LogP) is 1.87. The zero-order valence-corrected chi connectivity index (χ0v) is 12.6. The van der Waals surface area contributed by atoms with Gasteiger partial charge in [-0.25, -0.2) is 9.97 Å². The largest absolute Gasteiger partial charge is 0.351 e. The van der Waals surface area contributed by atoms with Crippen LogP contribution in [0.2, 0.25) is 0 Å². The molecule has 1 atom stereocenters. The highest BCUT2D eigenvalue weighted by Gasteiger charge is 2.22. The maximum absolute atomic E-state index is 12.1. The molecule has 1 saturated heterocycles. The van der Waals surface area contributed by atoms with Crippen molar-refractivity contribution in [3.63, 3.8) is 0 Å². The van der Waals surface area contributed by atoms with Crippen molar-refractivity contribution < 1.29 is 4.79 Å². The number of hydrogen-bond acceptors (Lipinski definition) is 5. The van der Waals surface area contributed by atoms with Crippen molar-refractivity contribution in [2.75, 3.05) is 18.0 Å². The van der Waals surface area contributed by atoms with Gasteiger partial charge in [0.2, 0.25) is 11.9 Å². The minimum atomic E-state index is 0.0919. The second-order valence-electron chi connectivity index (χ2n) is 5.21. The summed E-state index contributed by atoms with van der Waals surface area (Å²) >= 11 is 1.62. The number of aromatic nitrogens is 2. The molecule has 3 heterocycles. The van der Waals surface area contributed by atoms with Gasteiger partial charge in [0.1, 0.15) is 0 Å². The average Bonchev–Trinajstić information content (AvgIpc) is 3.01. The number of anilines is 1. The Morgan fingerprint density at radius 1 is 1.43 bits per heavy atom. The Morgan fingerprint density at radius 2 is 2.29 bits per heavy atom. The molecule has 1 fully saturated rings. The average molecular weight is 302 g/mol. The number of amides is 1. The van der Waals surface area contributed by atoms with Crippen LogP contribution >= 0.6 is 11.3 Å². The fraction of sp³-hybridized carbons (Fsp3) is 0.400. The molecule has 6 heteroatoms. The number of thiophene rings is 1. The molecule has 5 nitrogen and oxygen atoms in total. The SMILES string of the molecule is O=C(Cc1ccsc1)N[C@H]1CCCN(c2ncccn2)C1. The standard InChI is InChI=1S/C15H18N4OS/c20-14(9-12-4-8-21-11-12)18-13-3-1-7-19(10-13)15-16-5-2-6-17-15/h2,4-6,8,11,13H,1,3,7,9-10H2,(H,18,20)/t13-/m0/s1. The maximum Gasteiger partial charge on any atom is 0.225 e. The second kappa shape index (κ2) is 6.67. The highest BCUT2D eigenvalue weighted by molar-refractivity contribution is 7.07. The van der Waals surface area contributed by atoms with Gasteiger partial charge in [-0.3, -0.25) is 4.79 Å². The van der Waals surface area contributed by atoms with Gasteiger partial charge in [0.15, 0.2) is 0 Å². The van der Waals surface area contributed by atoms with Crippen LogP contribution in [0.3, 0.4) is 0 Å². The van der Waals surface area contributed by atoms with Crippen LogP contribution in [0.5, 0.6) is 0 Å². The Kier molecular flexibility index (Phi) is 4.45. The quantitative estimate of drug-likeness (QED) is 0.936. The lowest BCUT2D eigenvalue weighted by Gasteiger charge is -2.33. The van der Waals surface area contributed by atoms with Crippen LogP contribution in [0.4, 0.5) is 5.95 Å². The molecule has 2 aromatic rings. The molecular formula is C15H18N4OS. The molecule has 110 valence electrons. The highest BCUT2D eigenvalue weighted by Crippen LogP contribution is 2.15. The number of carbonyl (C=O) groups is 1. The van der Waals surface area contributed by atoms with Crippen LogP contribution in [0.25, 0.3) is 0 Å². The second-order valence-corrected chi connectivity index (χ2v) is 5.99. The first-order chi connectivity index (χ1) is 10.3. The van der Waals surface area contributed by atoms with E-state index in [2.05, 4.69) is 20.2 Å². The Balaban J connectivity index is 1.55. The number of nitrogens with zero attached hydrogens (tertiary/aromatic N) is 3. The highest BCUT2D eigenvalue weighted by atomic mass is 32.1. The molecule has 1 amide bonds. The van der Waals surface area contributed by atoms with Gasteiger partial charge in [0, 0.05) is 31.5 Å². The Bertz CT molecular complexity index is 573. The molecule has 1 aliphatic rings. The summed E-state index contributed by atoms with van der Waals surface area (Å²) in [6, 6.07) is 3.98. The van der Waals surface area contributed by atoms with E-state index >= 15 is 0 Å². The molecule has 0 aromatic carbocycles. The van der Waals surface area contributed by atoms with E-state index in [0.717, 1.165) is 37.4 Å². The van der Waals surface area contributed by atoms with Gasteiger partial charge in [-0.1, -0.05) is 0 Å². The molecule has 0 aliphatic carbocycles. The number of hydrogen-bond donors (Lipinski definition) is 1. The monoisotopic (exact) mass is 302 g/mol. The van der Waals surface area contributed by atoms with E-state index in [-0.39, 0.29) is 11.9 Å². The van der Waals surface area contributed by atoms with Crippen LogP contribution in [-0.2, 0) is 11.2 Å². The summed E-state index contributed by atoms with van der Waals surface area (Å²) in [6.45, 7) is 1.72. The van der Waals surface area contributed by atoms with E-state index in [9.17, 15) is 4.79 Å². The summed E-state index contributed by atoms with van der Waals surface area (Å²) in [4.78, 5) is 22.8. The van der Waals surface area contributed by atoms with E-state index < -0.39 is 0 Å². The van der Waals surface area contributed by atoms with Gasteiger partial charge in [-0.05, 0) is 41.3 Å². The Morgan fingerprint density at radius 3 is 3.05 bits per heavy atom. The van der Waals surface area contributed by atoms with E-state index in [1.807, 2.05) is 22.9 Å². The smallest absolute Gasteiger partial charge is 0.225 e. The molecule has 0 unspecified atom stereocenters. The fourth-order valence-corrected chi connectivity index (χ4v) is 3.26. The van der Waals surface area contributed by atoms with Gasteiger partial charge in [0.25, 0.3) is 0 Å². The molecule has 0 radical (unpaired) electrons. The van der Waals surface area contributed by atoms with Crippen LogP contribution < -0.4 is 10.2 Å². The first kappa shape index (κ1) is 14.0. The molecule has 1 aliphatic heterocycles. The predicted molar refractivity (Wildman–Crippen MR) is 83.4 cm³/mol. The van der Waals surface area contributed by atoms with Gasteiger partial charge in [-0.2, -0.15) is 11.3 Å². The van der Waals surface area contributed by atoms with Crippen LogP contribution in [0, 0.1) is 0 Å². The molecule has 0 spiro atoms. The van der Waals surface area contributed by atoms with Gasteiger partial charge >= 0.3 is 0 Å². The van der Waals surface area contributed by atoms with Gasteiger partial charge < -0.3 is 10.2 Å². The third-order valence-electron chi connectivity index (χ3n) is 3.57. The lowest BCUT2D eigenvalue weighted by atomic mass is 10.1. The topological polar surface area (TPSA) is 58.1 Å². The van der Waals surface area contributed by atoms with Gasteiger partial charge in [-0.15, -0.1) is 0 Å². The summed E-state index contributed by atoms with van der Waals surface area (Å²) in [5.41, 5.74) is 1.08. The number of carbonyl (C=O) groups excluding carboxylic acids is 1. The summed E-state index contributed by atoms with van der Waals surface area (Å²) in [7, 11) is 0. The van der Waals surface area contributed by atoms with E-state index in [0.29, 0.717) is 6.42 Å². The molecular weight excluding hydrogens is 284 g/mol. The molecule has 1 N–H and O–H groups in total. The molecule has 0 bridgehead atoms. The van der Waals surface area contributed by atoms with Crippen LogP contribution in [-0.4, -0.2) is 35.0 Å². The first-order valence-electron chi connectivity index (χ1n) is 7.13. The summed E-state index contributed by atoms with van der Waals surface area (Å²) in [6.07, 6.45) is 6.02.